The summed E-state index contributed by atoms with van der Waals surface area (Å²) in [5.41, 5.74) is 19.2. The van der Waals surface area contributed by atoms with Gasteiger partial charge in [0, 0.05) is 16.8 Å². The molecular formula is C93H135ClF5N. The predicted octanol–water partition coefficient (Wildman–Crippen LogP) is 31.9. The first-order valence-electron chi connectivity index (χ1n) is 34.5. The summed E-state index contributed by atoms with van der Waals surface area (Å²) in [7, 11) is 0. The maximum atomic E-state index is 13.1. The molecule has 8 aromatic carbocycles. The number of aromatic nitrogens is 1. The molecule has 0 fully saturated rings. The van der Waals surface area contributed by atoms with Gasteiger partial charge >= 0.3 is 6.18 Å². The van der Waals surface area contributed by atoms with Crippen molar-refractivity contribution in [3.8, 4) is 0 Å². The first kappa shape index (κ1) is 99.2. The number of hydrogen-bond acceptors (Lipinski definition) is 1. The van der Waals surface area contributed by atoms with Gasteiger partial charge in [-0.25, -0.2) is 8.78 Å². The van der Waals surface area contributed by atoms with Gasteiger partial charge in [0.05, 0.1) is 0 Å². The molecule has 9 aromatic rings. The summed E-state index contributed by atoms with van der Waals surface area (Å²) in [5, 5.41) is 0.514. The minimum Gasteiger partial charge on any atom is -0.252 e. The highest BCUT2D eigenvalue weighted by molar-refractivity contribution is 6.31. The standard InChI is InChI=1S/C11H15F.6C10H14.C9H10ClF.C9H10F3N.4CH4/c1-8(2)10-6-4-5-7-11(10)9(3)12;6*1-8(2)10-7-5-4-6-9(10)3;1-6(2)9-7(10)4-3-5-8(9)11;1-6(2)7-4-3-5-13-8(7)9(10,11)12;;;;/h4-9H,1-3H3;6*4-8H,1-3H3;3-6H,1-2H3;3-6H,1-2H3;4*1H4. The lowest BCUT2D eigenvalue weighted by atomic mass is 9.95. The molecule has 100 heavy (non-hydrogen) atoms. The zero-order valence-electron chi connectivity index (χ0n) is 63.1. The molecule has 0 aliphatic heterocycles. The Labute approximate surface area is 615 Å². The highest BCUT2D eigenvalue weighted by Crippen LogP contribution is 2.34. The van der Waals surface area contributed by atoms with Gasteiger partial charge in [-0.1, -0.05) is 348 Å². The van der Waals surface area contributed by atoms with Crippen molar-refractivity contribution in [1.29, 1.82) is 0 Å². The van der Waals surface area contributed by atoms with Gasteiger partial charge in [-0.3, -0.25) is 4.98 Å². The normalized spacial score (nSPS) is 10.6. The minimum absolute atomic E-state index is 0. The van der Waals surface area contributed by atoms with Crippen LogP contribution in [0.3, 0.4) is 0 Å². The summed E-state index contributed by atoms with van der Waals surface area (Å²) in [6, 6.07) is 66.7. The van der Waals surface area contributed by atoms with E-state index in [1.807, 2.05) is 38.1 Å². The zero-order valence-corrected chi connectivity index (χ0v) is 63.9. The molecule has 0 spiro atoms. The van der Waals surface area contributed by atoms with E-state index < -0.39 is 18.0 Å². The maximum Gasteiger partial charge on any atom is 0.433 e. The number of hydrogen-bond donors (Lipinski definition) is 0. The van der Waals surface area contributed by atoms with Crippen LogP contribution in [0.15, 0.2) is 206 Å². The minimum atomic E-state index is -4.35. The molecule has 554 valence electrons. The average Bonchev–Trinajstić information content (AvgIpc) is 0.830. The second-order valence-electron chi connectivity index (χ2n) is 27.4. The average molecular weight is 1400 g/mol. The lowest BCUT2D eigenvalue weighted by Crippen LogP contribution is -2.12. The van der Waals surface area contributed by atoms with Gasteiger partial charge in [-0.15, -0.1) is 0 Å². The van der Waals surface area contributed by atoms with E-state index in [2.05, 4.69) is 289 Å². The van der Waals surface area contributed by atoms with Crippen molar-refractivity contribution in [3.63, 3.8) is 0 Å². The first-order valence-corrected chi connectivity index (χ1v) is 34.9. The molecule has 1 atom stereocenters. The molecule has 0 aliphatic carbocycles. The van der Waals surface area contributed by atoms with E-state index in [-0.39, 0.29) is 52.9 Å². The van der Waals surface area contributed by atoms with Crippen molar-refractivity contribution >= 4 is 11.6 Å². The number of aryl methyl sites for hydroxylation is 6. The Balaban J connectivity index is -0.000000517. The summed E-state index contributed by atoms with van der Waals surface area (Å²) in [4.78, 5) is 3.35. The molecule has 9 rings (SSSR count). The molecule has 0 saturated heterocycles. The van der Waals surface area contributed by atoms with Crippen molar-refractivity contribution in [2.45, 2.75) is 268 Å². The number of rotatable bonds is 10. The lowest BCUT2D eigenvalue weighted by molar-refractivity contribution is -0.142. The maximum absolute atomic E-state index is 13.1. The van der Waals surface area contributed by atoms with E-state index in [0.29, 0.717) is 52.0 Å². The van der Waals surface area contributed by atoms with Crippen LogP contribution in [0.25, 0.3) is 0 Å². The Bertz CT molecular complexity index is 3130. The summed E-state index contributed by atoms with van der Waals surface area (Å²) >= 11 is 5.78. The van der Waals surface area contributed by atoms with Gasteiger partial charge in [-0.2, -0.15) is 13.2 Å². The Morgan fingerprint density at radius 2 is 0.500 bits per heavy atom. The summed E-state index contributed by atoms with van der Waals surface area (Å²) in [6.45, 7) is 52.7. The Hall–Kier alpha value is -7.15. The summed E-state index contributed by atoms with van der Waals surface area (Å²) in [6.07, 6.45) is -4.04. The summed E-state index contributed by atoms with van der Waals surface area (Å²) in [5.74, 6) is 4.09. The highest BCUT2D eigenvalue weighted by atomic mass is 35.5. The molecule has 0 radical (unpaired) electrons. The highest BCUT2D eigenvalue weighted by Gasteiger charge is 2.35. The number of halogens is 6. The van der Waals surface area contributed by atoms with Crippen LogP contribution in [0.4, 0.5) is 22.0 Å². The summed E-state index contributed by atoms with van der Waals surface area (Å²) < 4.78 is 63.1. The number of pyridine rings is 1. The topological polar surface area (TPSA) is 12.9 Å². The quantitative estimate of drug-likeness (QED) is 0.124. The Morgan fingerprint density at radius 1 is 0.280 bits per heavy atom. The lowest BCUT2D eigenvalue weighted by Gasteiger charge is -2.13. The fraction of sp³-hybridized carbons (Fsp3) is 0.430. The van der Waals surface area contributed by atoms with E-state index in [0.717, 1.165) is 17.3 Å². The molecule has 1 heterocycles. The molecule has 0 amide bonds. The van der Waals surface area contributed by atoms with Crippen molar-refractivity contribution in [2.24, 2.45) is 0 Å². The molecular weight excluding hydrogens is 1260 g/mol. The van der Waals surface area contributed by atoms with Crippen molar-refractivity contribution in [2.75, 3.05) is 0 Å². The fourth-order valence-corrected chi connectivity index (χ4v) is 11.4. The van der Waals surface area contributed by atoms with Gasteiger partial charge in [0.15, 0.2) is 0 Å². The van der Waals surface area contributed by atoms with E-state index in [4.69, 9.17) is 11.6 Å². The Kier molecular flexibility index (Phi) is 51.5. The Morgan fingerprint density at radius 3 is 0.660 bits per heavy atom. The van der Waals surface area contributed by atoms with Crippen molar-refractivity contribution in [1.82, 2.24) is 4.98 Å². The van der Waals surface area contributed by atoms with Crippen LogP contribution in [-0.4, -0.2) is 4.98 Å². The molecule has 0 saturated carbocycles. The number of benzene rings is 8. The second-order valence-corrected chi connectivity index (χ2v) is 27.8. The predicted molar refractivity (Wildman–Crippen MR) is 437 cm³/mol. The van der Waals surface area contributed by atoms with E-state index in [1.54, 1.807) is 32.9 Å². The number of alkyl halides is 4. The molecule has 1 aromatic heterocycles. The zero-order chi connectivity index (χ0) is 73.0. The van der Waals surface area contributed by atoms with E-state index in [9.17, 15) is 22.0 Å². The second kappa shape index (κ2) is 51.9. The third kappa shape index (κ3) is 37.0. The van der Waals surface area contributed by atoms with Gasteiger partial charge in [0.1, 0.15) is 17.7 Å². The van der Waals surface area contributed by atoms with Crippen molar-refractivity contribution < 1.29 is 22.0 Å². The number of nitrogens with zero attached hydrogens (tertiary/aromatic N) is 1. The van der Waals surface area contributed by atoms with Crippen LogP contribution in [0.2, 0.25) is 5.02 Å². The van der Waals surface area contributed by atoms with Crippen LogP contribution >= 0.6 is 11.6 Å². The molecule has 7 heteroatoms. The van der Waals surface area contributed by atoms with E-state index >= 15 is 0 Å². The SMILES string of the molecule is C.C.C.C.CC(C)c1c(F)cccc1Cl.CC(C)c1ccccc1C(C)F.CC(C)c1cccnc1C(F)(F)F.Cc1ccccc1C(C)C.Cc1ccccc1C(C)C.Cc1ccccc1C(C)C.Cc1ccccc1C(C)C.Cc1ccccc1C(C)C.Cc1ccccc1C(C)C. The third-order valence-electron chi connectivity index (χ3n) is 16.2. The van der Waals surface area contributed by atoms with Crippen LogP contribution in [0, 0.1) is 47.4 Å². The van der Waals surface area contributed by atoms with Gasteiger partial charge in [0.25, 0.3) is 0 Å². The van der Waals surface area contributed by atoms with Crippen molar-refractivity contribution in [3.05, 3.63) is 312 Å². The smallest absolute Gasteiger partial charge is 0.252 e. The largest absolute Gasteiger partial charge is 0.433 e. The molecule has 1 unspecified atom stereocenters. The first-order chi connectivity index (χ1) is 45.0. The molecule has 1 nitrogen and oxygen atoms in total. The van der Waals surface area contributed by atoms with Gasteiger partial charge in [-0.05, 0) is 203 Å². The molecule has 0 N–H and O–H groups in total. The third-order valence-corrected chi connectivity index (χ3v) is 16.5. The van der Waals surface area contributed by atoms with Crippen LogP contribution in [0.1, 0.15) is 315 Å². The van der Waals surface area contributed by atoms with Crippen LogP contribution in [-0.2, 0) is 6.18 Å². The van der Waals surface area contributed by atoms with Crippen LogP contribution < -0.4 is 0 Å². The van der Waals surface area contributed by atoms with Gasteiger partial charge in [0.2, 0.25) is 0 Å². The molecule has 0 bridgehead atoms. The van der Waals surface area contributed by atoms with Gasteiger partial charge < -0.3 is 0 Å². The van der Waals surface area contributed by atoms with Crippen LogP contribution in [0.5, 0.6) is 0 Å². The fourth-order valence-electron chi connectivity index (χ4n) is 11.0. The van der Waals surface area contributed by atoms with E-state index in [1.165, 1.54) is 85.0 Å². The monoisotopic (exact) mass is 1400 g/mol. The molecule has 0 aliphatic rings.